The third kappa shape index (κ3) is 12.1. The number of aldehydes is 1. The van der Waals surface area contributed by atoms with Gasteiger partial charge in [0.1, 0.15) is 11.9 Å². The summed E-state index contributed by atoms with van der Waals surface area (Å²) in [5.74, 6) is -1.67. The van der Waals surface area contributed by atoms with E-state index in [0.29, 0.717) is 49.2 Å². The molecule has 0 bridgehead atoms. The quantitative estimate of drug-likeness (QED) is 0.140. The highest BCUT2D eigenvalue weighted by Crippen LogP contribution is 2.30. The summed E-state index contributed by atoms with van der Waals surface area (Å²) in [7, 11) is 1.72. The molecule has 0 aliphatic heterocycles. The van der Waals surface area contributed by atoms with E-state index in [1.807, 2.05) is 84.2 Å². The highest BCUT2D eigenvalue weighted by Gasteiger charge is 2.17. The molecule has 3 aromatic rings. The number of benzene rings is 1. The maximum absolute atomic E-state index is 15.0. The standard InChI is InChI=1S/C29H36F2N6.C5H10O.C2H6/c1-5-7-21(14-32)15-35-16-23-17-36-28-13-10-22(18-37(23)28)25-11-12-27(30)29(31)26(25)9-6-8-24(19(2)33)20(3)34-4;1-5(2,3)4-6;1-2/h7,10-14,17-18,32,35H,5-6,8-9,15-16,33H2,1-4H3;4H,1-3H3;1-2H3/b21-7+,24-19-,32-14?,34-20?;;. The molecular weight excluding hydrogens is 570 g/mol. The van der Waals surface area contributed by atoms with Crippen molar-refractivity contribution >= 4 is 23.9 Å². The molecular formula is C36H52F2N6O. The minimum atomic E-state index is -0.855. The number of nitrogens with one attached hydrogen (secondary N) is 2. The normalized spacial score (nSPS) is 12.5. The van der Waals surface area contributed by atoms with E-state index in [9.17, 15) is 9.18 Å². The molecule has 7 nitrogen and oxygen atoms in total. The van der Waals surface area contributed by atoms with Crippen LogP contribution in [-0.4, -0.2) is 41.2 Å². The van der Waals surface area contributed by atoms with Gasteiger partial charge in [0.2, 0.25) is 0 Å². The fourth-order valence-electron chi connectivity index (χ4n) is 4.45. The van der Waals surface area contributed by atoms with Gasteiger partial charge in [0, 0.05) is 49.4 Å². The zero-order valence-electron chi connectivity index (χ0n) is 28.5. The maximum Gasteiger partial charge on any atom is 0.162 e. The van der Waals surface area contributed by atoms with E-state index in [-0.39, 0.29) is 5.41 Å². The average molecular weight is 623 g/mol. The van der Waals surface area contributed by atoms with Crippen molar-refractivity contribution in [2.75, 3.05) is 13.6 Å². The lowest BCUT2D eigenvalue weighted by atomic mass is 9.94. The number of halogens is 2. The largest absolute Gasteiger partial charge is 0.402 e. The summed E-state index contributed by atoms with van der Waals surface area (Å²) in [6.45, 7) is 16.5. The number of aliphatic imine (C=N–C) groups is 1. The Bertz CT molecular complexity index is 1490. The number of carbonyl (C=O) groups is 1. The van der Waals surface area contributed by atoms with Gasteiger partial charge in [0.25, 0.3) is 0 Å². The van der Waals surface area contributed by atoms with Crippen LogP contribution < -0.4 is 11.1 Å². The van der Waals surface area contributed by atoms with Gasteiger partial charge in [-0.15, -0.1) is 0 Å². The van der Waals surface area contributed by atoms with E-state index in [1.165, 1.54) is 12.3 Å². The Balaban J connectivity index is 0.00000113. The van der Waals surface area contributed by atoms with Crippen LogP contribution in [0.25, 0.3) is 16.8 Å². The van der Waals surface area contributed by atoms with Crippen LogP contribution in [-0.2, 0) is 17.8 Å². The first kappa shape index (κ1) is 39.0. The van der Waals surface area contributed by atoms with Crippen molar-refractivity contribution in [1.82, 2.24) is 14.7 Å². The number of hydrogen-bond donors (Lipinski definition) is 3. The molecule has 2 aromatic heterocycles. The van der Waals surface area contributed by atoms with Crippen LogP contribution in [0.2, 0.25) is 0 Å². The van der Waals surface area contributed by atoms with Crippen molar-refractivity contribution in [3.63, 3.8) is 0 Å². The third-order valence-corrected chi connectivity index (χ3v) is 6.83. The van der Waals surface area contributed by atoms with Gasteiger partial charge >= 0.3 is 0 Å². The van der Waals surface area contributed by atoms with Crippen molar-refractivity contribution in [3.05, 3.63) is 82.5 Å². The number of carbonyl (C=O) groups excluding carboxylic acids is 1. The second kappa shape index (κ2) is 19.4. The first-order valence-corrected chi connectivity index (χ1v) is 15.6. The minimum Gasteiger partial charge on any atom is -0.402 e. The lowest BCUT2D eigenvalue weighted by Gasteiger charge is -2.14. The molecule has 0 aliphatic carbocycles. The molecule has 9 heteroatoms. The van der Waals surface area contributed by atoms with Crippen LogP contribution >= 0.6 is 0 Å². The lowest BCUT2D eigenvalue weighted by molar-refractivity contribution is -0.113. The molecule has 3 rings (SSSR count). The van der Waals surface area contributed by atoms with Gasteiger partial charge in [-0.25, -0.2) is 13.8 Å². The van der Waals surface area contributed by atoms with Crippen molar-refractivity contribution in [3.8, 4) is 11.1 Å². The van der Waals surface area contributed by atoms with Crippen LogP contribution in [0.5, 0.6) is 0 Å². The van der Waals surface area contributed by atoms with Gasteiger partial charge in [0.15, 0.2) is 11.6 Å². The SMILES string of the molecule is CC.CC(C)(C)C=O.CC/C=C(\C=N)CNCc1cnc2ccc(-c3ccc(F)c(F)c3CCC/C(C(C)=NC)=C(\C)N)cn12. The number of fused-ring (bicyclic) bond motifs is 1. The first-order chi connectivity index (χ1) is 21.4. The summed E-state index contributed by atoms with van der Waals surface area (Å²) in [5, 5.41) is 10.9. The number of imidazole rings is 1. The minimum absolute atomic E-state index is 0.139. The number of rotatable bonds is 12. The van der Waals surface area contributed by atoms with Crippen LogP contribution in [0.4, 0.5) is 8.78 Å². The molecule has 0 saturated heterocycles. The summed E-state index contributed by atoms with van der Waals surface area (Å²) in [6.07, 6.45) is 10.5. The second-order valence-corrected chi connectivity index (χ2v) is 11.5. The van der Waals surface area contributed by atoms with E-state index in [2.05, 4.69) is 15.3 Å². The molecule has 0 spiro atoms. The molecule has 45 heavy (non-hydrogen) atoms. The first-order valence-electron chi connectivity index (χ1n) is 15.6. The molecule has 0 radical (unpaired) electrons. The predicted octanol–water partition coefficient (Wildman–Crippen LogP) is 8.26. The van der Waals surface area contributed by atoms with Crippen LogP contribution in [0.15, 0.2) is 64.6 Å². The topological polar surface area (TPSA) is 109 Å². The van der Waals surface area contributed by atoms with Gasteiger partial charge in [-0.2, -0.15) is 0 Å². The number of nitrogens with zero attached hydrogens (tertiary/aromatic N) is 3. The molecule has 0 saturated carbocycles. The molecule has 0 atom stereocenters. The van der Waals surface area contributed by atoms with Gasteiger partial charge in [-0.3, -0.25) is 4.99 Å². The van der Waals surface area contributed by atoms with E-state index in [4.69, 9.17) is 11.1 Å². The molecule has 0 fully saturated rings. The van der Waals surface area contributed by atoms with Crippen molar-refractivity contribution in [1.29, 1.82) is 5.41 Å². The van der Waals surface area contributed by atoms with Crippen molar-refractivity contribution in [2.45, 2.75) is 87.6 Å². The van der Waals surface area contributed by atoms with Gasteiger partial charge in [-0.1, -0.05) is 53.7 Å². The zero-order chi connectivity index (χ0) is 34.2. The van der Waals surface area contributed by atoms with Crippen molar-refractivity contribution in [2.24, 2.45) is 16.1 Å². The molecule has 246 valence electrons. The van der Waals surface area contributed by atoms with E-state index in [1.54, 1.807) is 19.3 Å². The highest BCUT2D eigenvalue weighted by molar-refractivity contribution is 5.98. The Kier molecular flexibility index (Phi) is 16.8. The molecule has 0 amide bonds. The number of nitrogens with two attached hydrogens (primary N) is 1. The number of aromatic nitrogens is 2. The Morgan fingerprint density at radius 2 is 1.82 bits per heavy atom. The van der Waals surface area contributed by atoms with Crippen LogP contribution in [0.3, 0.4) is 0 Å². The zero-order valence-corrected chi connectivity index (χ0v) is 28.5. The van der Waals surface area contributed by atoms with Gasteiger partial charge in [-0.05, 0) is 85.6 Å². The Morgan fingerprint density at radius 1 is 1.16 bits per heavy atom. The summed E-state index contributed by atoms with van der Waals surface area (Å²) in [4.78, 5) is 18.5. The second-order valence-electron chi connectivity index (χ2n) is 11.5. The molecule has 2 heterocycles. The fourth-order valence-corrected chi connectivity index (χ4v) is 4.45. The van der Waals surface area contributed by atoms with Crippen molar-refractivity contribution < 1.29 is 13.6 Å². The van der Waals surface area contributed by atoms with Crippen LogP contribution in [0.1, 0.15) is 85.9 Å². The van der Waals surface area contributed by atoms with Gasteiger partial charge < -0.3 is 25.7 Å². The van der Waals surface area contributed by atoms with E-state index < -0.39 is 11.6 Å². The maximum atomic E-state index is 15.0. The average Bonchev–Trinajstić information content (AvgIpc) is 3.43. The van der Waals surface area contributed by atoms with E-state index in [0.717, 1.165) is 46.5 Å². The Hall–Kier alpha value is -3.98. The molecule has 1 aromatic carbocycles. The predicted molar refractivity (Wildman–Crippen MR) is 185 cm³/mol. The third-order valence-electron chi connectivity index (χ3n) is 6.83. The highest BCUT2D eigenvalue weighted by atomic mass is 19.2. The molecule has 4 N–H and O–H groups in total. The van der Waals surface area contributed by atoms with Crippen LogP contribution in [0, 0.1) is 22.5 Å². The van der Waals surface area contributed by atoms with E-state index >= 15 is 4.39 Å². The number of hydrogen-bond acceptors (Lipinski definition) is 6. The Labute approximate surface area is 268 Å². The van der Waals surface area contributed by atoms with Gasteiger partial charge in [0.05, 0.1) is 11.9 Å². The summed E-state index contributed by atoms with van der Waals surface area (Å²) in [6, 6.07) is 6.58. The summed E-state index contributed by atoms with van der Waals surface area (Å²) < 4.78 is 31.3. The molecule has 0 unspecified atom stereocenters. The summed E-state index contributed by atoms with van der Waals surface area (Å²) in [5.41, 5.74) is 12.8. The smallest absolute Gasteiger partial charge is 0.162 e. The number of pyridine rings is 1. The monoisotopic (exact) mass is 622 g/mol. The summed E-state index contributed by atoms with van der Waals surface area (Å²) >= 11 is 0. The fraction of sp³-hybridized carbons (Fsp3) is 0.444. The lowest BCUT2D eigenvalue weighted by Crippen LogP contribution is -2.18. The number of allylic oxidation sites excluding steroid dienone is 3. The molecule has 0 aliphatic rings. The Morgan fingerprint density at radius 3 is 2.38 bits per heavy atom.